The molecule has 1 aliphatic rings. The van der Waals surface area contributed by atoms with Crippen molar-refractivity contribution in [3.05, 3.63) is 65.2 Å². The fourth-order valence-corrected chi connectivity index (χ4v) is 3.07. The molecule has 0 aliphatic carbocycles. The Morgan fingerprint density at radius 3 is 1.90 bits per heavy atom. The highest BCUT2D eigenvalue weighted by atomic mass is 32.1. The number of nitrogens with one attached hydrogen (secondary N) is 2. The standard InChI is InChI=1S/C23H24N2O4S/c1-3-15(2)17-6-10-19(11-7-17)29-13-12-28-18-8-4-16(5-9-18)14-20-21(26)24-23(30)25-22(20)27/h4-11,14-15H,3,12-13H2,1-2H3,(H2,24,25,26,27,30)/t15-/m0/s1. The molecule has 2 aromatic carbocycles. The molecule has 7 heteroatoms. The van der Waals surface area contributed by atoms with E-state index in [1.807, 2.05) is 12.1 Å². The van der Waals surface area contributed by atoms with Crippen LogP contribution in [-0.2, 0) is 9.59 Å². The summed E-state index contributed by atoms with van der Waals surface area (Å²) < 4.78 is 11.4. The van der Waals surface area contributed by atoms with Crippen LogP contribution in [0.2, 0.25) is 0 Å². The summed E-state index contributed by atoms with van der Waals surface area (Å²) in [6, 6.07) is 15.2. The van der Waals surface area contributed by atoms with Gasteiger partial charge >= 0.3 is 0 Å². The molecule has 1 heterocycles. The molecule has 0 unspecified atom stereocenters. The van der Waals surface area contributed by atoms with Crippen LogP contribution in [0.3, 0.4) is 0 Å². The van der Waals surface area contributed by atoms with Crippen molar-refractivity contribution in [2.24, 2.45) is 0 Å². The zero-order valence-corrected chi connectivity index (χ0v) is 17.8. The van der Waals surface area contributed by atoms with Crippen molar-refractivity contribution in [2.75, 3.05) is 13.2 Å². The Balaban J connectivity index is 1.48. The number of carbonyl (C=O) groups is 2. The smallest absolute Gasteiger partial charge is 0.263 e. The first-order chi connectivity index (χ1) is 14.5. The van der Waals surface area contributed by atoms with Crippen molar-refractivity contribution in [1.82, 2.24) is 10.6 Å². The van der Waals surface area contributed by atoms with E-state index in [2.05, 4.69) is 36.6 Å². The number of thiocarbonyl (C=S) groups is 1. The third-order valence-corrected chi connectivity index (χ3v) is 5.02. The number of amides is 2. The summed E-state index contributed by atoms with van der Waals surface area (Å²) in [5.41, 5.74) is 2.01. The van der Waals surface area contributed by atoms with E-state index in [0.29, 0.717) is 30.4 Å². The number of carbonyl (C=O) groups excluding carboxylic acids is 2. The highest BCUT2D eigenvalue weighted by molar-refractivity contribution is 7.80. The summed E-state index contributed by atoms with van der Waals surface area (Å²) in [6.45, 7) is 5.21. The largest absolute Gasteiger partial charge is 0.490 e. The lowest BCUT2D eigenvalue weighted by molar-refractivity contribution is -0.123. The van der Waals surface area contributed by atoms with Crippen LogP contribution in [0.25, 0.3) is 6.08 Å². The van der Waals surface area contributed by atoms with E-state index in [1.165, 1.54) is 11.6 Å². The minimum Gasteiger partial charge on any atom is -0.490 e. The topological polar surface area (TPSA) is 76.7 Å². The van der Waals surface area contributed by atoms with Crippen molar-refractivity contribution in [3.63, 3.8) is 0 Å². The number of ether oxygens (including phenoxy) is 2. The number of benzene rings is 2. The Kier molecular flexibility index (Phi) is 7.19. The SMILES string of the molecule is CC[C@H](C)c1ccc(OCCOc2ccc(C=C3C(=O)NC(=S)NC3=O)cc2)cc1. The fraction of sp³-hybridized carbons (Fsp3) is 0.261. The molecule has 3 rings (SSSR count). The Hall–Kier alpha value is -3.19. The third kappa shape index (κ3) is 5.67. The predicted molar refractivity (Wildman–Crippen MR) is 119 cm³/mol. The van der Waals surface area contributed by atoms with E-state index >= 15 is 0 Å². The summed E-state index contributed by atoms with van der Waals surface area (Å²) in [4.78, 5) is 23.8. The van der Waals surface area contributed by atoms with Crippen molar-refractivity contribution in [2.45, 2.75) is 26.2 Å². The maximum atomic E-state index is 11.9. The van der Waals surface area contributed by atoms with Crippen molar-refractivity contribution < 1.29 is 19.1 Å². The third-order valence-electron chi connectivity index (χ3n) is 4.82. The molecule has 1 atom stereocenters. The Labute approximate surface area is 181 Å². The first-order valence-electron chi connectivity index (χ1n) is 9.80. The van der Waals surface area contributed by atoms with Gasteiger partial charge in [-0.1, -0.05) is 38.1 Å². The summed E-state index contributed by atoms with van der Waals surface area (Å²) in [6.07, 6.45) is 2.61. The minimum atomic E-state index is -0.515. The van der Waals surface area contributed by atoms with Gasteiger partial charge in [-0.2, -0.15) is 0 Å². The lowest BCUT2D eigenvalue weighted by atomic mass is 9.99. The molecule has 2 amide bonds. The normalized spacial score (nSPS) is 14.6. The second kappa shape index (κ2) is 10.0. The van der Waals surface area contributed by atoms with E-state index in [9.17, 15) is 9.59 Å². The van der Waals surface area contributed by atoms with Crippen LogP contribution in [0.4, 0.5) is 0 Å². The Bertz CT molecular complexity index is 930. The van der Waals surface area contributed by atoms with E-state index in [0.717, 1.165) is 12.2 Å². The Morgan fingerprint density at radius 1 is 0.900 bits per heavy atom. The molecule has 0 saturated carbocycles. The first-order valence-corrected chi connectivity index (χ1v) is 10.2. The lowest BCUT2D eigenvalue weighted by Crippen LogP contribution is -2.51. The molecule has 156 valence electrons. The van der Waals surface area contributed by atoms with Gasteiger partial charge in [0, 0.05) is 0 Å². The average molecular weight is 425 g/mol. The second-order valence-corrected chi connectivity index (χ2v) is 7.35. The van der Waals surface area contributed by atoms with Gasteiger partial charge in [-0.3, -0.25) is 20.2 Å². The van der Waals surface area contributed by atoms with Crippen LogP contribution < -0.4 is 20.1 Å². The van der Waals surface area contributed by atoms with Crippen molar-refractivity contribution in [3.8, 4) is 11.5 Å². The van der Waals surface area contributed by atoms with Gasteiger partial charge in [0.1, 0.15) is 30.3 Å². The summed E-state index contributed by atoms with van der Waals surface area (Å²) in [7, 11) is 0. The number of hydrogen-bond donors (Lipinski definition) is 2. The zero-order chi connectivity index (χ0) is 21.5. The number of rotatable bonds is 8. The first kappa shape index (κ1) is 21.5. The van der Waals surface area contributed by atoms with Crippen LogP contribution in [0.1, 0.15) is 37.3 Å². The van der Waals surface area contributed by atoms with E-state index in [-0.39, 0.29) is 10.7 Å². The molecule has 2 aromatic rings. The highest BCUT2D eigenvalue weighted by Crippen LogP contribution is 2.21. The molecule has 0 radical (unpaired) electrons. The van der Waals surface area contributed by atoms with Crippen LogP contribution in [0.5, 0.6) is 11.5 Å². The van der Waals surface area contributed by atoms with Crippen molar-refractivity contribution in [1.29, 1.82) is 0 Å². The van der Waals surface area contributed by atoms with Crippen LogP contribution in [0.15, 0.2) is 54.1 Å². The van der Waals surface area contributed by atoms with Crippen LogP contribution >= 0.6 is 12.2 Å². The molecule has 0 aromatic heterocycles. The van der Waals surface area contributed by atoms with Crippen LogP contribution in [-0.4, -0.2) is 30.1 Å². The summed E-state index contributed by atoms with van der Waals surface area (Å²) in [5.74, 6) is 1.000. The van der Waals surface area contributed by atoms with Gasteiger partial charge in [-0.05, 0) is 66.0 Å². The van der Waals surface area contributed by atoms with E-state index < -0.39 is 11.8 Å². The van der Waals surface area contributed by atoms with E-state index in [4.69, 9.17) is 21.7 Å². The molecule has 6 nitrogen and oxygen atoms in total. The molecule has 2 N–H and O–H groups in total. The number of hydrogen-bond acceptors (Lipinski definition) is 5. The molecule has 1 fully saturated rings. The van der Waals surface area contributed by atoms with Gasteiger partial charge in [0.15, 0.2) is 5.11 Å². The zero-order valence-electron chi connectivity index (χ0n) is 16.9. The minimum absolute atomic E-state index is 0.00465. The van der Waals surface area contributed by atoms with E-state index in [1.54, 1.807) is 24.3 Å². The second-order valence-electron chi connectivity index (χ2n) is 6.94. The summed E-state index contributed by atoms with van der Waals surface area (Å²) in [5, 5.41) is 4.82. The maximum absolute atomic E-state index is 11.9. The lowest BCUT2D eigenvalue weighted by Gasteiger charge is -2.16. The molecule has 1 aliphatic heterocycles. The van der Waals surface area contributed by atoms with Gasteiger partial charge in [-0.25, -0.2) is 0 Å². The van der Waals surface area contributed by atoms with Gasteiger partial charge < -0.3 is 9.47 Å². The molecule has 0 spiro atoms. The molecule has 0 bridgehead atoms. The summed E-state index contributed by atoms with van der Waals surface area (Å²) >= 11 is 4.78. The molecular weight excluding hydrogens is 400 g/mol. The monoisotopic (exact) mass is 424 g/mol. The molecule has 30 heavy (non-hydrogen) atoms. The quantitative estimate of drug-likeness (QED) is 0.293. The molecule has 1 saturated heterocycles. The maximum Gasteiger partial charge on any atom is 0.263 e. The average Bonchev–Trinajstić information content (AvgIpc) is 2.74. The van der Waals surface area contributed by atoms with Gasteiger partial charge in [-0.15, -0.1) is 0 Å². The molecular formula is C23H24N2O4S. The van der Waals surface area contributed by atoms with Gasteiger partial charge in [0.2, 0.25) is 0 Å². The van der Waals surface area contributed by atoms with Crippen LogP contribution in [0, 0.1) is 0 Å². The highest BCUT2D eigenvalue weighted by Gasteiger charge is 2.25. The fourth-order valence-electron chi connectivity index (χ4n) is 2.88. The van der Waals surface area contributed by atoms with Gasteiger partial charge in [0.25, 0.3) is 11.8 Å². The Morgan fingerprint density at radius 2 is 1.40 bits per heavy atom. The van der Waals surface area contributed by atoms with Gasteiger partial charge in [0.05, 0.1) is 0 Å². The predicted octanol–water partition coefficient (Wildman–Crippen LogP) is 3.57. The van der Waals surface area contributed by atoms with Crippen molar-refractivity contribution >= 4 is 35.2 Å².